The van der Waals surface area contributed by atoms with Crippen LogP contribution in [0.4, 0.5) is 0 Å². The lowest BCUT2D eigenvalue weighted by Crippen LogP contribution is -2.57. The Labute approximate surface area is 178 Å². The zero-order chi connectivity index (χ0) is 24.1. The van der Waals surface area contributed by atoms with Crippen molar-refractivity contribution in [1.29, 1.82) is 0 Å². The predicted molar refractivity (Wildman–Crippen MR) is 106 cm³/mol. The third kappa shape index (κ3) is 11.5. The van der Waals surface area contributed by atoms with Crippen molar-refractivity contribution in [2.75, 3.05) is 6.54 Å². The Morgan fingerprint density at radius 3 is 1.90 bits per heavy atom. The van der Waals surface area contributed by atoms with E-state index in [1.807, 2.05) is 5.32 Å². The van der Waals surface area contributed by atoms with Crippen LogP contribution in [0.15, 0.2) is 0 Å². The second kappa shape index (κ2) is 13.9. The average molecular weight is 446 g/mol. The lowest BCUT2D eigenvalue weighted by atomic mass is 10.1. The molecule has 0 spiro atoms. The molecule has 0 aliphatic heterocycles. The van der Waals surface area contributed by atoms with Gasteiger partial charge in [0, 0.05) is 0 Å². The number of nitrogens with two attached hydrogens (primary N) is 3. The van der Waals surface area contributed by atoms with Crippen molar-refractivity contribution in [3.63, 3.8) is 0 Å². The van der Waals surface area contributed by atoms with Gasteiger partial charge in [0.15, 0.2) is 0 Å². The Morgan fingerprint density at radius 1 is 0.839 bits per heavy atom. The number of nitrogens with one attached hydrogen (secondary N) is 3. The maximum Gasteiger partial charge on any atom is 0.326 e. The monoisotopic (exact) mass is 446 g/mol. The number of carboxylic acid groups (broad SMARTS) is 2. The molecule has 4 unspecified atom stereocenters. The van der Waals surface area contributed by atoms with Crippen LogP contribution in [0, 0.1) is 0 Å². The van der Waals surface area contributed by atoms with Gasteiger partial charge in [-0.25, -0.2) is 4.79 Å². The fourth-order valence-corrected chi connectivity index (χ4v) is 2.38. The van der Waals surface area contributed by atoms with E-state index in [4.69, 9.17) is 27.4 Å². The zero-order valence-electron chi connectivity index (χ0n) is 17.1. The molecule has 0 bridgehead atoms. The molecule has 0 saturated carbocycles. The van der Waals surface area contributed by atoms with Gasteiger partial charge in [0.2, 0.25) is 23.6 Å². The molecule has 0 heterocycles. The maximum atomic E-state index is 12.4. The van der Waals surface area contributed by atoms with Crippen LogP contribution in [-0.2, 0) is 28.8 Å². The smallest absolute Gasteiger partial charge is 0.326 e. The normalized spacial score (nSPS) is 14.4. The molecule has 0 aliphatic carbocycles. The topological polar surface area (TPSA) is 257 Å². The third-order valence-corrected chi connectivity index (χ3v) is 4.09. The highest BCUT2D eigenvalue weighted by Gasteiger charge is 2.30. The molecule has 0 radical (unpaired) electrons. The van der Waals surface area contributed by atoms with Gasteiger partial charge in [0.05, 0.1) is 18.9 Å². The minimum Gasteiger partial charge on any atom is -0.481 e. The van der Waals surface area contributed by atoms with Gasteiger partial charge in [-0.1, -0.05) is 6.42 Å². The number of rotatable bonds is 15. The summed E-state index contributed by atoms with van der Waals surface area (Å²) in [5.74, 6) is -6.55. The molecule has 11 N–H and O–H groups in total. The minimum atomic E-state index is -1.61. The summed E-state index contributed by atoms with van der Waals surface area (Å²) in [6.07, 6.45) is 0.0376. The lowest BCUT2D eigenvalue weighted by molar-refractivity contribution is -0.144. The molecular weight excluding hydrogens is 416 g/mol. The summed E-state index contributed by atoms with van der Waals surface area (Å²) >= 11 is 0. The first-order chi connectivity index (χ1) is 14.4. The molecule has 0 saturated heterocycles. The molecule has 4 amide bonds. The Hall–Kier alpha value is -3.26. The summed E-state index contributed by atoms with van der Waals surface area (Å²) in [5.41, 5.74) is 16.0. The molecule has 0 aromatic carbocycles. The molecule has 0 aromatic heterocycles. The van der Waals surface area contributed by atoms with Crippen molar-refractivity contribution < 1.29 is 39.0 Å². The van der Waals surface area contributed by atoms with Gasteiger partial charge in [0.25, 0.3) is 0 Å². The summed E-state index contributed by atoms with van der Waals surface area (Å²) < 4.78 is 0. The largest absolute Gasteiger partial charge is 0.481 e. The molecule has 0 fully saturated rings. The SMILES string of the molecule is CC(NC(=O)C(CC(=O)O)NC(=O)C(N)CCCCN)C(=O)NC(CC(N)=O)C(=O)O. The Bertz CT molecular complexity index is 686. The fourth-order valence-electron chi connectivity index (χ4n) is 2.38. The minimum absolute atomic E-state index is 0.277. The second-order valence-electron chi connectivity index (χ2n) is 6.85. The number of carbonyl (C=O) groups excluding carboxylic acids is 4. The number of carbonyl (C=O) groups is 6. The van der Waals surface area contributed by atoms with Crippen molar-refractivity contribution in [1.82, 2.24) is 16.0 Å². The maximum absolute atomic E-state index is 12.4. The molecular formula is C17H30N6O8. The van der Waals surface area contributed by atoms with Crippen LogP contribution in [0.25, 0.3) is 0 Å². The molecule has 14 heteroatoms. The fraction of sp³-hybridized carbons (Fsp3) is 0.647. The van der Waals surface area contributed by atoms with E-state index in [9.17, 15) is 28.8 Å². The van der Waals surface area contributed by atoms with E-state index in [0.717, 1.165) is 0 Å². The first-order valence-electron chi connectivity index (χ1n) is 9.48. The van der Waals surface area contributed by atoms with Crippen LogP contribution in [-0.4, -0.2) is 76.5 Å². The van der Waals surface area contributed by atoms with Crippen molar-refractivity contribution in [2.24, 2.45) is 17.2 Å². The standard InChI is InChI=1S/C17H30N6O8/c1-8(14(27)23-11(17(30)31)6-12(20)24)21-16(29)10(7-13(25)26)22-15(28)9(19)4-2-3-5-18/h8-11H,2-7,18-19H2,1H3,(H2,20,24)(H,21,29)(H,22,28)(H,23,27)(H,25,26)(H,30,31). The summed E-state index contributed by atoms with van der Waals surface area (Å²) in [4.78, 5) is 69.7. The van der Waals surface area contributed by atoms with Crippen molar-refractivity contribution in [3.05, 3.63) is 0 Å². The van der Waals surface area contributed by atoms with Crippen LogP contribution in [0.5, 0.6) is 0 Å². The number of amides is 4. The molecule has 176 valence electrons. The van der Waals surface area contributed by atoms with E-state index >= 15 is 0 Å². The number of hydrogen-bond donors (Lipinski definition) is 8. The van der Waals surface area contributed by atoms with Gasteiger partial charge < -0.3 is 43.4 Å². The van der Waals surface area contributed by atoms with Gasteiger partial charge in [0.1, 0.15) is 18.1 Å². The third-order valence-electron chi connectivity index (χ3n) is 4.09. The highest BCUT2D eigenvalue weighted by molar-refractivity contribution is 5.96. The van der Waals surface area contributed by atoms with E-state index < -0.39 is 72.6 Å². The zero-order valence-corrected chi connectivity index (χ0v) is 17.1. The van der Waals surface area contributed by atoms with Crippen molar-refractivity contribution in [3.8, 4) is 0 Å². The van der Waals surface area contributed by atoms with Gasteiger partial charge in [-0.15, -0.1) is 0 Å². The Morgan fingerprint density at radius 2 is 1.42 bits per heavy atom. The number of aliphatic carboxylic acids is 2. The van der Waals surface area contributed by atoms with E-state index in [-0.39, 0.29) is 6.42 Å². The van der Waals surface area contributed by atoms with Gasteiger partial charge in [-0.3, -0.25) is 24.0 Å². The highest BCUT2D eigenvalue weighted by Crippen LogP contribution is 2.01. The number of carboxylic acids is 2. The van der Waals surface area contributed by atoms with Gasteiger partial charge in [-0.05, 0) is 26.3 Å². The summed E-state index contributed by atoms with van der Waals surface area (Å²) in [5, 5.41) is 24.5. The molecule has 31 heavy (non-hydrogen) atoms. The Balaban J connectivity index is 5.03. The van der Waals surface area contributed by atoms with Gasteiger partial charge in [-0.2, -0.15) is 0 Å². The van der Waals surface area contributed by atoms with Gasteiger partial charge >= 0.3 is 11.9 Å². The quantitative estimate of drug-likeness (QED) is 0.114. The molecule has 0 aliphatic rings. The van der Waals surface area contributed by atoms with E-state index in [1.165, 1.54) is 6.92 Å². The van der Waals surface area contributed by atoms with Crippen molar-refractivity contribution in [2.45, 2.75) is 63.2 Å². The second-order valence-corrected chi connectivity index (χ2v) is 6.85. The van der Waals surface area contributed by atoms with E-state index in [0.29, 0.717) is 19.4 Å². The van der Waals surface area contributed by atoms with E-state index in [1.54, 1.807) is 0 Å². The Kier molecular flexibility index (Phi) is 12.4. The van der Waals surface area contributed by atoms with Crippen LogP contribution in [0.3, 0.4) is 0 Å². The molecule has 14 nitrogen and oxygen atoms in total. The van der Waals surface area contributed by atoms with Crippen molar-refractivity contribution >= 4 is 35.6 Å². The molecule has 4 atom stereocenters. The highest BCUT2D eigenvalue weighted by atomic mass is 16.4. The van der Waals surface area contributed by atoms with Crippen LogP contribution >= 0.6 is 0 Å². The summed E-state index contributed by atoms with van der Waals surface area (Å²) in [6.45, 7) is 1.62. The molecule has 0 rings (SSSR count). The first kappa shape index (κ1) is 27.7. The predicted octanol–water partition coefficient (Wildman–Crippen LogP) is -3.65. The van der Waals surface area contributed by atoms with Crippen LogP contribution in [0.1, 0.15) is 39.0 Å². The number of unbranched alkanes of at least 4 members (excludes halogenated alkanes) is 1. The molecule has 0 aromatic rings. The number of hydrogen-bond acceptors (Lipinski definition) is 8. The van der Waals surface area contributed by atoms with E-state index in [2.05, 4.69) is 10.6 Å². The summed E-state index contributed by atoms with van der Waals surface area (Å²) in [7, 11) is 0. The average Bonchev–Trinajstić information content (AvgIpc) is 2.65. The van der Waals surface area contributed by atoms with Crippen LogP contribution in [0.2, 0.25) is 0 Å². The number of primary amides is 1. The lowest BCUT2D eigenvalue weighted by Gasteiger charge is -2.22. The first-order valence-corrected chi connectivity index (χ1v) is 9.48. The summed E-state index contributed by atoms with van der Waals surface area (Å²) in [6, 6.07) is -5.43. The van der Waals surface area contributed by atoms with Crippen LogP contribution < -0.4 is 33.2 Å².